The Balaban J connectivity index is 0.00000150. The average Bonchev–Trinajstić information content (AvgIpc) is 3.20. The van der Waals surface area contributed by atoms with E-state index in [1.54, 1.807) is 11.3 Å². The number of aromatic nitrogens is 1. The van der Waals surface area contributed by atoms with E-state index in [4.69, 9.17) is 14.8 Å². The summed E-state index contributed by atoms with van der Waals surface area (Å²) in [6, 6.07) is 12.3. The second kappa shape index (κ2) is 11.0. The lowest BCUT2D eigenvalue weighted by Crippen LogP contribution is -2.46. The zero-order valence-corrected chi connectivity index (χ0v) is 18.9. The number of halogens is 2. The molecule has 0 radical (unpaired) electrons. The van der Waals surface area contributed by atoms with E-state index >= 15 is 0 Å². The molecule has 5 nitrogen and oxygen atoms in total. The predicted octanol–water partition coefficient (Wildman–Crippen LogP) is 4.32. The third-order valence-electron chi connectivity index (χ3n) is 5.04. The molecule has 0 aliphatic carbocycles. The average molecular weight is 456 g/mol. The number of anilines is 1. The Morgan fingerprint density at radius 1 is 1.10 bits per heavy atom. The van der Waals surface area contributed by atoms with Crippen LogP contribution in [0.4, 0.5) is 5.82 Å². The highest BCUT2D eigenvalue weighted by Gasteiger charge is 2.20. The van der Waals surface area contributed by atoms with Gasteiger partial charge in [-0.15, -0.1) is 36.2 Å². The first-order valence-electron chi connectivity index (χ1n) is 9.48. The van der Waals surface area contributed by atoms with Crippen LogP contribution in [0.1, 0.15) is 6.92 Å². The zero-order chi connectivity index (χ0) is 18.6. The van der Waals surface area contributed by atoms with Gasteiger partial charge in [0.15, 0.2) is 0 Å². The van der Waals surface area contributed by atoms with Gasteiger partial charge < -0.3 is 19.6 Å². The van der Waals surface area contributed by atoms with Crippen molar-refractivity contribution >= 4 is 52.1 Å². The van der Waals surface area contributed by atoms with Crippen molar-refractivity contribution in [2.45, 2.75) is 6.92 Å². The summed E-state index contributed by atoms with van der Waals surface area (Å²) in [4.78, 5) is 9.94. The quantitative estimate of drug-likeness (QED) is 0.599. The molecule has 1 N–H and O–H groups in total. The number of likely N-dealkylation sites (N-methyl/N-ethyl adjacent to an activating group) is 1. The molecule has 1 aliphatic rings. The predicted molar refractivity (Wildman–Crippen MR) is 126 cm³/mol. The molecule has 8 heteroatoms. The highest BCUT2D eigenvalue weighted by Crippen LogP contribution is 2.34. The molecule has 1 aliphatic heterocycles. The number of hydrogen-bond donors (Lipinski definition) is 1. The molecular formula is C21H27Cl2N3O2S. The molecule has 3 aromatic rings. The molecule has 0 saturated carbocycles. The second-order valence-electron chi connectivity index (χ2n) is 6.68. The Labute approximate surface area is 188 Å². The summed E-state index contributed by atoms with van der Waals surface area (Å²) in [5.74, 6) is 1.84. The van der Waals surface area contributed by atoms with E-state index in [-0.39, 0.29) is 31.4 Å². The Kier molecular flexibility index (Phi) is 8.99. The molecule has 0 atom stereocenters. The van der Waals surface area contributed by atoms with Gasteiger partial charge in [0.1, 0.15) is 18.2 Å². The van der Waals surface area contributed by atoms with Crippen LogP contribution in [0, 0.1) is 0 Å². The number of hydrogen-bond acceptors (Lipinski definition) is 6. The first kappa shape index (κ1) is 23.7. The SMILES string of the molecule is CCN1CCN(c2nc(-c3cccc(OCCO)c3)cc3sccc23)CC1.Cl.Cl. The lowest BCUT2D eigenvalue weighted by molar-refractivity contribution is 0.201. The summed E-state index contributed by atoms with van der Waals surface area (Å²) >= 11 is 1.76. The summed E-state index contributed by atoms with van der Waals surface area (Å²) in [7, 11) is 0. The van der Waals surface area contributed by atoms with Crippen LogP contribution < -0.4 is 9.64 Å². The van der Waals surface area contributed by atoms with Gasteiger partial charge in [-0.2, -0.15) is 0 Å². The molecule has 0 spiro atoms. The third-order valence-corrected chi connectivity index (χ3v) is 5.90. The minimum atomic E-state index is 0. The molecule has 1 aromatic carbocycles. The van der Waals surface area contributed by atoms with Crippen LogP contribution in [0.3, 0.4) is 0 Å². The van der Waals surface area contributed by atoms with Crippen molar-refractivity contribution in [2.24, 2.45) is 0 Å². The van der Waals surface area contributed by atoms with Crippen molar-refractivity contribution < 1.29 is 9.84 Å². The maximum atomic E-state index is 8.98. The Bertz CT molecular complexity index is 914. The van der Waals surface area contributed by atoms with E-state index in [0.29, 0.717) is 6.61 Å². The number of ether oxygens (including phenoxy) is 1. The molecule has 1 saturated heterocycles. The highest BCUT2D eigenvalue weighted by molar-refractivity contribution is 7.17. The van der Waals surface area contributed by atoms with E-state index in [9.17, 15) is 0 Å². The van der Waals surface area contributed by atoms with Crippen molar-refractivity contribution in [3.63, 3.8) is 0 Å². The fourth-order valence-electron chi connectivity index (χ4n) is 3.52. The van der Waals surface area contributed by atoms with Crippen LogP contribution in [0.15, 0.2) is 41.8 Å². The molecule has 1 fully saturated rings. The lowest BCUT2D eigenvalue weighted by Gasteiger charge is -2.35. The highest BCUT2D eigenvalue weighted by atomic mass is 35.5. The molecular weight excluding hydrogens is 429 g/mol. The van der Waals surface area contributed by atoms with Crippen LogP contribution >= 0.6 is 36.2 Å². The summed E-state index contributed by atoms with van der Waals surface area (Å²) in [6.45, 7) is 7.82. The Morgan fingerprint density at radius 2 is 1.90 bits per heavy atom. The van der Waals surface area contributed by atoms with E-state index in [0.717, 1.165) is 55.5 Å². The van der Waals surface area contributed by atoms with Gasteiger partial charge in [0.2, 0.25) is 0 Å². The largest absolute Gasteiger partial charge is 0.491 e. The summed E-state index contributed by atoms with van der Waals surface area (Å²) < 4.78 is 6.83. The smallest absolute Gasteiger partial charge is 0.138 e. The van der Waals surface area contributed by atoms with Crippen LogP contribution in [0.25, 0.3) is 21.3 Å². The first-order valence-corrected chi connectivity index (χ1v) is 10.4. The first-order chi connectivity index (χ1) is 13.3. The molecule has 0 amide bonds. The van der Waals surface area contributed by atoms with E-state index in [1.807, 2.05) is 18.2 Å². The number of benzene rings is 1. The number of aliphatic hydroxyl groups is 1. The van der Waals surface area contributed by atoms with Gasteiger partial charge in [0.05, 0.1) is 12.3 Å². The molecule has 0 unspecified atom stereocenters. The number of pyridine rings is 1. The maximum absolute atomic E-state index is 8.98. The van der Waals surface area contributed by atoms with Crippen LogP contribution in [0.2, 0.25) is 0 Å². The summed E-state index contributed by atoms with van der Waals surface area (Å²) in [5, 5.41) is 12.4. The monoisotopic (exact) mass is 455 g/mol. The van der Waals surface area contributed by atoms with Gasteiger partial charge in [-0.05, 0) is 36.2 Å². The van der Waals surface area contributed by atoms with Gasteiger partial charge in [0, 0.05) is 41.8 Å². The standard InChI is InChI=1S/C21H25N3O2S.2ClH/c1-2-23-7-9-24(10-8-23)21-18-6-13-27-20(18)15-19(22-21)16-4-3-5-17(14-16)26-12-11-25;;/h3-6,13-15,25H,2,7-12H2,1H3;2*1H. The van der Waals surface area contributed by atoms with E-state index in [1.165, 1.54) is 10.1 Å². The van der Waals surface area contributed by atoms with E-state index in [2.05, 4.69) is 40.3 Å². The molecule has 0 bridgehead atoms. The van der Waals surface area contributed by atoms with Crippen molar-refractivity contribution in [3.8, 4) is 17.0 Å². The van der Waals surface area contributed by atoms with Crippen molar-refractivity contribution in [3.05, 3.63) is 41.8 Å². The van der Waals surface area contributed by atoms with E-state index < -0.39 is 0 Å². The number of rotatable bonds is 6. The minimum Gasteiger partial charge on any atom is -0.491 e. The molecule has 29 heavy (non-hydrogen) atoms. The molecule has 2 aromatic heterocycles. The summed E-state index contributed by atoms with van der Waals surface area (Å²) in [6.07, 6.45) is 0. The number of aliphatic hydroxyl groups excluding tert-OH is 1. The number of piperazine rings is 1. The normalized spacial score (nSPS) is 14.3. The minimum absolute atomic E-state index is 0. The van der Waals surface area contributed by atoms with Crippen molar-refractivity contribution in [1.82, 2.24) is 9.88 Å². The van der Waals surface area contributed by atoms with Gasteiger partial charge in [-0.1, -0.05) is 19.1 Å². The van der Waals surface area contributed by atoms with Gasteiger partial charge in [-0.3, -0.25) is 0 Å². The Hall–Kier alpha value is -1.57. The second-order valence-corrected chi connectivity index (χ2v) is 7.63. The number of fused-ring (bicyclic) bond motifs is 1. The van der Waals surface area contributed by atoms with Crippen molar-refractivity contribution in [2.75, 3.05) is 50.8 Å². The fraction of sp³-hybridized carbons (Fsp3) is 0.381. The number of nitrogens with zero attached hydrogens (tertiary/aromatic N) is 3. The van der Waals surface area contributed by atoms with Crippen molar-refractivity contribution in [1.29, 1.82) is 0 Å². The third kappa shape index (κ3) is 5.32. The maximum Gasteiger partial charge on any atom is 0.138 e. The lowest BCUT2D eigenvalue weighted by atomic mass is 10.1. The van der Waals surface area contributed by atoms with Crippen LogP contribution in [-0.4, -0.2) is 60.9 Å². The zero-order valence-electron chi connectivity index (χ0n) is 16.4. The van der Waals surface area contributed by atoms with Gasteiger partial charge in [-0.25, -0.2) is 4.98 Å². The topological polar surface area (TPSA) is 48.8 Å². The van der Waals surface area contributed by atoms with Crippen LogP contribution in [-0.2, 0) is 0 Å². The van der Waals surface area contributed by atoms with Crippen LogP contribution in [0.5, 0.6) is 5.75 Å². The molecule has 4 rings (SSSR count). The fourth-order valence-corrected chi connectivity index (χ4v) is 4.34. The summed E-state index contributed by atoms with van der Waals surface area (Å²) in [5.41, 5.74) is 2.00. The molecule has 3 heterocycles. The molecule has 158 valence electrons. The Morgan fingerprint density at radius 3 is 2.62 bits per heavy atom. The number of thiophene rings is 1. The van der Waals surface area contributed by atoms with Gasteiger partial charge in [0.25, 0.3) is 0 Å². The van der Waals surface area contributed by atoms with Gasteiger partial charge >= 0.3 is 0 Å².